The molecule has 2 aromatic carbocycles. The number of aromatic amines is 1. The van der Waals surface area contributed by atoms with Gasteiger partial charge in [-0.2, -0.15) is 0 Å². The fourth-order valence-electron chi connectivity index (χ4n) is 5.48. The van der Waals surface area contributed by atoms with Crippen LogP contribution in [0.15, 0.2) is 41.3 Å². The number of amides is 2. The van der Waals surface area contributed by atoms with Gasteiger partial charge < -0.3 is 19.9 Å². The number of halogens is 1. The van der Waals surface area contributed by atoms with Gasteiger partial charge in [0, 0.05) is 47.3 Å². The van der Waals surface area contributed by atoms with E-state index in [1.807, 2.05) is 19.9 Å². The van der Waals surface area contributed by atoms with Crippen LogP contribution in [0.1, 0.15) is 38.4 Å². The van der Waals surface area contributed by atoms with E-state index in [2.05, 4.69) is 10.3 Å². The lowest BCUT2D eigenvalue weighted by molar-refractivity contribution is -0.110. The van der Waals surface area contributed by atoms with E-state index in [1.165, 1.54) is 16.4 Å². The van der Waals surface area contributed by atoms with E-state index < -0.39 is 10.0 Å². The number of carbonyl (C=O) groups is 2. The van der Waals surface area contributed by atoms with Crippen molar-refractivity contribution < 1.29 is 22.7 Å². The first kappa shape index (κ1) is 25.7. The largest absolute Gasteiger partial charge is 0.378 e. The van der Waals surface area contributed by atoms with Crippen LogP contribution < -0.4 is 9.62 Å². The summed E-state index contributed by atoms with van der Waals surface area (Å²) in [5, 5.41) is 3.28. The summed E-state index contributed by atoms with van der Waals surface area (Å²) in [5.74, 6) is -0.421. The maximum absolute atomic E-state index is 13.7. The topological polar surface area (TPSA) is 112 Å². The number of carbonyl (C=O) groups excluding carboxylic acids is 2. The van der Waals surface area contributed by atoms with Crippen molar-refractivity contribution in [1.82, 2.24) is 9.88 Å². The molecule has 0 aliphatic carbocycles. The van der Waals surface area contributed by atoms with E-state index in [0.29, 0.717) is 83.8 Å². The zero-order valence-corrected chi connectivity index (χ0v) is 23.1. The second kappa shape index (κ2) is 9.55. The number of benzene rings is 2. The first-order valence-electron chi connectivity index (χ1n) is 12.7. The summed E-state index contributed by atoms with van der Waals surface area (Å²) in [6.45, 7) is 6.05. The Bertz CT molecular complexity index is 1670. The van der Waals surface area contributed by atoms with E-state index >= 15 is 0 Å². The molecule has 0 atom stereocenters. The van der Waals surface area contributed by atoms with E-state index in [9.17, 15) is 18.0 Å². The van der Waals surface area contributed by atoms with Crippen LogP contribution in [0.3, 0.4) is 0 Å². The van der Waals surface area contributed by atoms with Crippen LogP contribution in [0.25, 0.3) is 11.6 Å². The molecule has 0 unspecified atom stereocenters. The zero-order valence-electron chi connectivity index (χ0n) is 21.5. The number of sulfonamides is 1. The molecule has 1 fully saturated rings. The quantitative estimate of drug-likeness (QED) is 0.464. The van der Waals surface area contributed by atoms with E-state index in [-0.39, 0.29) is 16.7 Å². The highest BCUT2D eigenvalue weighted by Crippen LogP contribution is 2.39. The molecular weight excluding hydrogens is 540 g/mol. The van der Waals surface area contributed by atoms with Crippen LogP contribution in [0.4, 0.5) is 11.4 Å². The molecule has 39 heavy (non-hydrogen) atoms. The number of nitrogens with one attached hydrogen (secondary N) is 2. The van der Waals surface area contributed by atoms with Gasteiger partial charge in [-0.15, -0.1) is 0 Å². The Morgan fingerprint density at radius 1 is 1.08 bits per heavy atom. The summed E-state index contributed by atoms with van der Waals surface area (Å²) in [6, 6.07) is 9.90. The average molecular weight is 567 g/mol. The lowest BCUT2D eigenvalue weighted by Crippen LogP contribution is -2.41. The summed E-state index contributed by atoms with van der Waals surface area (Å²) in [4.78, 5) is 31.3. The summed E-state index contributed by atoms with van der Waals surface area (Å²) in [5.41, 5.74) is 5.46. The smallest absolute Gasteiger partial charge is 0.264 e. The second-order valence-electron chi connectivity index (χ2n) is 9.89. The molecule has 11 heteroatoms. The van der Waals surface area contributed by atoms with Gasteiger partial charge in [0.15, 0.2) is 0 Å². The number of rotatable bonds is 4. The van der Waals surface area contributed by atoms with Crippen LogP contribution in [0, 0.1) is 13.8 Å². The summed E-state index contributed by atoms with van der Waals surface area (Å²) in [6.07, 6.45) is 2.28. The van der Waals surface area contributed by atoms with Gasteiger partial charge >= 0.3 is 0 Å². The van der Waals surface area contributed by atoms with Gasteiger partial charge in [0.2, 0.25) is 0 Å². The standard InChI is InChI=1S/C28H27ClN4O5S/c1-16-24(30-17(2)26(16)28(35)32-9-11-38-12-10-32)15-22-21-14-20(5-6-23(21)31-27(22)34)39(36,37)33-8-7-18-3-4-19(29)13-25(18)33/h3-6,13-15,30H,7-12H2,1-2H3,(H,31,34)/b22-15-. The average Bonchev–Trinajstić information content (AvgIpc) is 3.57. The van der Waals surface area contributed by atoms with Crippen molar-refractivity contribution in [3.05, 3.63) is 75.1 Å². The van der Waals surface area contributed by atoms with Gasteiger partial charge in [0.25, 0.3) is 21.8 Å². The molecule has 0 radical (unpaired) electrons. The third-order valence-electron chi connectivity index (χ3n) is 7.54. The van der Waals surface area contributed by atoms with Crippen LogP contribution in [0.5, 0.6) is 0 Å². The minimum Gasteiger partial charge on any atom is -0.378 e. The Balaban J connectivity index is 1.36. The molecular formula is C28H27ClN4O5S. The third-order valence-corrected chi connectivity index (χ3v) is 9.58. The van der Waals surface area contributed by atoms with Crippen molar-refractivity contribution in [2.75, 3.05) is 42.5 Å². The Morgan fingerprint density at radius 2 is 1.85 bits per heavy atom. The van der Waals surface area contributed by atoms with E-state index in [0.717, 1.165) is 11.1 Å². The van der Waals surface area contributed by atoms with Crippen molar-refractivity contribution >= 4 is 56.5 Å². The monoisotopic (exact) mass is 566 g/mol. The van der Waals surface area contributed by atoms with Gasteiger partial charge in [-0.1, -0.05) is 17.7 Å². The predicted octanol–water partition coefficient (Wildman–Crippen LogP) is 4.00. The van der Waals surface area contributed by atoms with Gasteiger partial charge in [-0.3, -0.25) is 13.9 Å². The minimum atomic E-state index is -3.90. The van der Waals surface area contributed by atoms with Gasteiger partial charge in [-0.05, 0) is 67.8 Å². The summed E-state index contributed by atoms with van der Waals surface area (Å²) < 4.78 is 34.1. The molecule has 4 heterocycles. The molecule has 9 nitrogen and oxygen atoms in total. The van der Waals surface area contributed by atoms with Crippen molar-refractivity contribution in [2.24, 2.45) is 0 Å². The normalized spacial score (nSPS) is 17.9. The Kier molecular flexibility index (Phi) is 6.28. The number of ether oxygens (including phenoxy) is 1. The SMILES string of the molecule is Cc1[nH]c(/C=C2\C(=O)Nc3ccc(S(=O)(=O)N4CCc5ccc(Cl)cc54)cc32)c(C)c1C(=O)N1CCOCC1. The maximum atomic E-state index is 13.7. The highest BCUT2D eigenvalue weighted by atomic mass is 35.5. The molecule has 3 aromatic rings. The number of H-pyrrole nitrogens is 1. The number of aromatic nitrogens is 1. The van der Waals surface area contributed by atoms with Gasteiger partial charge in [0.1, 0.15) is 0 Å². The second-order valence-corrected chi connectivity index (χ2v) is 12.2. The third kappa shape index (κ3) is 4.32. The zero-order chi connectivity index (χ0) is 27.5. The number of morpholine rings is 1. The fourth-order valence-corrected chi connectivity index (χ4v) is 7.17. The van der Waals surface area contributed by atoms with Crippen molar-refractivity contribution in [1.29, 1.82) is 0 Å². The van der Waals surface area contributed by atoms with Gasteiger partial charge in [0.05, 0.1) is 34.9 Å². The first-order valence-corrected chi connectivity index (χ1v) is 14.5. The predicted molar refractivity (Wildman–Crippen MR) is 150 cm³/mol. The van der Waals surface area contributed by atoms with Crippen LogP contribution in [-0.2, 0) is 26.0 Å². The molecule has 6 rings (SSSR count). The Labute approximate surface area is 231 Å². The molecule has 0 bridgehead atoms. The van der Waals surface area contributed by atoms with Gasteiger partial charge in [-0.25, -0.2) is 8.42 Å². The number of hydrogen-bond donors (Lipinski definition) is 2. The molecule has 0 saturated carbocycles. The van der Waals surface area contributed by atoms with Crippen molar-refractivity contribution in [2.45, 2.75) is 25.2 Å². The number of anilines is 2. The minimum absolute atomic E-state index is 0.0788. The summed E-state index contributed by atoms with van der Waals surface area (Å²) in [7, 11) is -3.90. The Hall–Kier alpha value is -3.60. The molecule has 2 N–H and O–H groups in total. The lowest BCUT2D eigenvalue weighted by atomic mass is 10.0. The van der Waals surface area contributed by atoms with Crippen molar-refractivity contribution in [3.8, 4) is 0 Å². The summed E-state index contributed by atoms with van der Waals surface area (Å²) >= 11 is 6.16. The number of hydrogen-bond acceptors (Lipinski definition) is 5. The van der Waals surface area contributed by atoms with E-state index in [1.54, 1.807) is 29.2 Å². The van der Waals surface area contributed by atoms with E-state index in [4.69, 9.17) is 16.3 Å². The molecule has 3 aliphatic heterocycles. The molecule has 1 saturated heterocycles. The molecule has 3 aliphatic rings. The molecule has 1 aromatic heterocycles. The molecule has 202 valence electrons. The van der Waals surface area contributed by atoms with Crippen molar-refractivity contribution in [3.63, 3.8) is 0 Å². The highest BCUT2D eigenvalue weighted by Gasteiger charge is 2.34. The molecule has 0 spiro atoms. The number of fused-ring (bicyclic) bond motifs is 2. The highest BCUT2D eigenvalue weighted by molar-refractivity contribution is 7.92. The number of nitrogens with zero attached hydrogens (tertiary/aromatic N) is 2. The maximum Gasteiger partial charge on any atom is 0.264 e. The van der Waals surface area contributed by atoms with Crippen LogP contribution >= 0.6 is 11.6 Å². The van der Waals surface area contributed by atoms with Crippen LogP contribution in [0.2, 0.25) is 5.02 Å². The van der Waals surface area contributed by atoms with Crippen LogP contribution in [-0.4, -0.2) is 63.0 Å². The fraction of sp³-hybridized carbons (Fsp3) is 0.286. The molecule has 2 amide bonds. The Morgan fingerprint density at radius 3 is 2.62 bits per heavy atom. The lowest BCUT2D eigenvalue weighted by Gasteiger charge is -2.27. The number of aryl methyl sites for hydroxylation is 1. The first-order chi connectivity index (χ1) is 18.6.